The normalized spacial score (nSPS) is 11.1. The van der Waals surface area contributed by atoms with Gasteiger partial charge < -0.3 is 20.7 Å². The molecule has 3 N–H and O–H groups in total. The molecule has 5 rings (SSSR count). The van der Waals surface area contributed by atoms with E-state index >= 15 is 0 Å². The molecule has 0 aromatic heterocycles. The van der Waals surface area contributed by atoms with Crippen LogP contribution in [-0.4, -0.2) is 30.1 Å². The van der Waals surface area contributed by atoms with E-state index in [0.29, 0.717) is 23.6 Å². The molecule has 0 aliphatic carbocycles. The van der Waals surface area contributed by atoms with Crippen LogP contribution < -0.4 is 20.7 Å². The Morgan fingerprint density at radius 3 is 2.14 bits per heavy atom. The molecule has 0 saturated carbocycles. The van der Waals surface area contributed by atoms with Gasteiger partial charge in [-0.05, 0) is 90.0 Å². The average molecular weight is 602 g/mol. The zero-order chi connectivity index (χ0) is 30.7. The number of hydrogen-bond acceptors (Lipinski definition) is 5. The van der Waals surface area contributed by atoms with Gasteiger partial charge in [0.1, 0.15) is 11.4 Å². The van der Waals surface area contributed by atoms with Crippen molar-refractivity contribution in [1.29, 1.82) is 0 Å². The lowest BCUT2D eigenvalue weighted by Crippen LogP contribution is -2.30. The highest BCUT2D eigenvalue weighted by molar-refractivity contribution is 8.00. The smallest absolute Gasteiger partial charge is 0.272 e. The van der Waals surface area contributed by atoms with Gasteiger partial charge in [0, 0.05) is 21.8 Å². The van der Waals surface area contributed by atoms with Crippen molar-refractivity contribution in [2.24, 2.45) is 0 Å². The van der Waals surface area contributed by atoms with Gasteiger partial charge in [0.15, 0.2) is 0 Å². The van der Waals surface area contributed by atoms with Crippen LogP contribution in [0, 0.1) is 0 Å². The van der Waals surface area contributed by atoms with Crippen LogP contribution in [0.1, 0.15) is 22.8 Å². The molecule has 0 spiro atoms. The van der Waals surface area contributed by atoms with Crippen molar-refractivity contribution in [3.8, 4) is 5.75 Å². The average Bonchev–Trinajstić information content (AvgIpc) is 3.05. The zero-order valence-electron chi connectivity index (χ0n) is 24.1. The van der Waals surface area contributed by atoms with Crippen molar-refractivity contribution in [2.45, 2.75) is 11.8 Å². The minimum atomic E-state index is -0.474. The molecule has 8 heteroatoms. The maximum absolute atomic E-state index is 13.3. The number of amides is 3. The van der Waals surface area contributed by atoms with Gasteiger partial charge in [-0.3, -0.25) is 14.4 Å². The van der Waals surface area contributed by atoms with E-state index in [-0.39, 0.29) is 17.4 Å². The molecule has 220 valence electrons. The van der Waals surface area contributed by atoms with Crippen molar-refractivity contribution in [3.63, 3.8) is 0 Å². The monoisotopic (exact) mass is 601 g/mol. The molecular formula is C36H31N3O4S. The zero-order valence-corrected chi connectivity index (χ0v) is 24.9. The number of thioether (sulfide) groups is 1. The fourth-order valence-electron chi connectivity index (χ4n) is 4.38. The molecule has 0 fully saturated rings. The van der Waals surface area contributed by atoms with Gasteiger partial charge in [-0.1, -0.05) is 60.7 Å². The fraction of sp³-hybridized carbons (Fsp3) is 0.0833. The first-order valence-electron chi connectivity index (χ1n) is 14.1. The molecule has 0 atom stereocenters. The molecule has 44 heavy (non-hydrogen) atoms. The third kappa shape index (κ3) is 8.36. The van der Waals surface area contributed by atoms with Crippen LogP contribution in [-0.2, 0) is 9.59 Å². The second kappa shape index (κ2) is 14.7. The standard InChI is InChI=1S/C36H31N3O4S/c1-2-43-31-18-12-25(13-19-31)22-33(39-35(41)27-9-4-3-5-10-27)36(42)38-29-16-20-32(21-17-29)44-24-34(40)37-30-15-14-26-8-6-7-11-28(26)23-30/h3-23H,2,24H2,1H3,(H,37,40)(H,38,42)(H,39,41)/b33-22-. The number of carbonyl (C=O) groups excluding carboxylic acids is 3. The second-order valence-corrected chi connectivity index (χ2v) is 10.8. The Kier molecular flexibility index (Phi) is 10.1. The summed E-state index contributed by atoms with van der Waals surface area (Å²) in [5, 5.41) is 10.7. The van der Waals surface area contributed by atoms with E-state index in [2.05, 4.69) is 16.0 Å². The van der Waals surface area contributed by atoms with Crippen molar-refractivity contribution in [2.75, 3.05) is 23.0 Å². The van der Waals surface area contributed by atoms with Crippen molar-refractivity contribution in [1.82, 2.24) is 5.32 Å². The van der Waals surface area contributed by atoms with E-state index in [9.17, 15) is 14.4 Å². The predicted molar refractivity (Wildman–Crippen MR) is 178 cm³/mol. The molecule has 5 aromatic carbocycles. The van der Waals surface area contributed by atoms with Gasteiger partial charge in [-0.25, -0.2) is 0 Å². The van der Waals surface area contributed by atoms with Crippen LogP contribution in [0.2, 0.25) is 0 Å². The highest BCUT2D eigenvalue weighted by atomic mass is 32.2. The summed E-state index contributed by atoms with van der Waals surface area (Å²) in [5.41, 5.74) is 2.55. The van der Waals surface area contributed by atoms with Crippen LogP contribution in [0.25, 0.3) is 16.8 Å². The molecule has 0 bridgehead atoms. The van der Waals surface area contributed by atoms with E-state index in [0.717, 1.165) is 26.9 Å². The van der Waals surface area contributed by atoms with Crippen LogP contribution >= 0.6 is 11.8 Å². The van der Waals surface area contributed by atoms with E-state index < -0.39 is 11.8 Å². The summed E-state index contributed by atoms with van der Waals surface area (Å²) in [6, 6.07) is 37.0. The van der Waals surface area contributed by atoms with Crippen LogP contribution in [0.5, 0.6) is 5.75 Å². The number of nitrogens with one attached hydrogen (secondary N) is 3. The van der Waals surface area contributed by atoms with E-state index in [4.69, 9.17) is 4.74 Å². The predicted octanol–water partition coefficient (Wildman–Crippen LogP) is 7.38. The third-order valence-corrected chi connectivity index (χ3v) is 7.56. The maximum atomic E-state index is 13.3. The van der Waals surface area contributed by atoms with Gasteiger partial charge in [0.25, 0.3) is 11.8 Å². The van der Waals surface area contributed by atoms with Gasteiger partial charge >= 0.3 is 0 Å². The summed E-state index contributed by atoms with van der Waals surface area (Å²) in [6.07, 6.45) is 1.62. The number of carbonyl (C=O) groups is 3. The van der Waals surface area contributed by atoms with Gasteiger partial charge in [0.2, 0.25) is 5.91 Å². The summed E-state index contributed by atoms with van der Waals surface area (Å²) in [6.45, 7) is 2.45. The lowest BCUT2D eigenvalue weighted by Gasteiger charge is -2.12. The highest BCUT2D eigenvalue weighted by Crippen LogP contribution is 2.23. The van der Waals surface area contributed by atoms with E-state index in [1.165, 1.54) is 11.8 Å². The topological polar surface area (TPSA) is 96.5 Å². The first-order chi connectivity index (χ1) is 21.5. The molecule has 0 unspecified atom stereocenters. The molecule has 0 heterocycles. The Morgan fingerprint density at radius 1 is 0.727 bits per heavy atom. The minimum Gasteiger partial charge on any atom is -0.494 e. The Bertz CT molecular complexity index is 1790. The summed E-state index contributed by atoms with van der Waals surface area (Å²) < 4.78 is 5.50. The molecule has 0 aliphatic rings. The molecule has 7 nitrogen and oxygen atoms in total. The molecular weight excluding hydrogens is 570 g/mol. The van der Waals surface area contributed by atoms with Crippen LogP contribution in [0.4, 0.5) is 11.4 Å². The van der Waals surface area contributed by atoms with Gasteiger partial charge in [-0.15, -0.1) is 11.8 Å². The Hall–Kier alpha value is -5.34. The Balaban J connectivity index is 1.21. The van der Waals surface area contributed by atoms with Crippen LogP contribution in [0.3, 0.4) is 0 Å². The minimum absolute atomic E-state index is 0.0897. The summed E-state index contributed by atoms with van der Waals surface area (Å²) >= 11 is 1.39. The fourth-order valence-corrected chi connectivity index (χ4v) is 5.08. The number of ether oxygens (including phenoxy) is 1. The van der Waals surface area contributed by atoms with Gasteiger partial charge in [0.05, 0.1) is 12.4 Å². The SMILES string of the molecule is CCOc1ccc(/C=C(\NC(=O)c2ccccc2)C(=O)Nc2ccc(SCC(=O)Nc3ccc4ccccc4c3)cc2)cc1. The van der Waals surface area contributed by atoms with Crippen molar-refractivity contribution < 1.29 is 19.1 Å². The van der Waals surface area contributed by atoms with E-state index in [1.807, 2.05) is 91.9 Å². The summed E-state index contributed by atoms with van der Waals surface area (Å²) in [5.74, 6) is -0.0297. The van der Waals surface area contributed by atoms with Crippen molar-refractivity contribution >= 4 is 57.7 Å². The largest absolute Gasteiger partial charge is 0.494 e. The van der Waals surface area contributed by atoms with Crippen LogP contribution in [0.15, 0.2) is 132 Å². The first kappa shape index (κ1) is 30.1. The number of fused-ring (bicyclic) bond motifs is 1. The Morgan fingerprint density at radius 2 is 1.41 bits per heavy atom. The second-order valence-electron chi connectivity index (χ2n) is 9.76. The molecule has 5 aromatic rings. The quantitative estimate of drug-likeness (QED) is 0.108. The molecule has 0 radical (unpaired) electrons. The number of benzene rings is 5. The first-order valence-corrected chi connectivity index (χ1v) is 15.1. The summed E-state index contributed by atoms with van der Waals surface area (Å²) in [4.78, 5) is 39.7. The number of rotatable bonds is 11. The lowest BCUT2D eigenvalue weighted by atomic mass is 10.1. The number of hydrogen-bond donors (Lipinski definition) is 3. The third-order valence-electron chi connectivity index (χ3n) is 6.55. The maximum Gasteiger partial charge on any atom is 0.272 e. The van der Waals surface area contributed by atoms with Gasteiger partial charge in [-0.2, -0.15) is 0 Å². The molecule has 0 aliphatic heterocycles. The highest BCUT2D eigenvalue weighted by Gasteiger charge is 2.15. The van der Waals surface area contributed by atoms with E-state index in [1.54, 1.807) is 42.5 Å². The molecule has 3 amide bonds. The van der Waals surface area contributed by atoms with Crippen molar-refractivity contribution in [3.05, 3.63) is 138 Å². The Labute approximate surface area is 260 Å². The summed E-state index contributed by atoms with van der Waals surface area (Å²) in [7, 11) is 0. The molecule has 0 saturated heterocycles. The number of anilines is 2. The lowest BCUT2D eigenvalue weighted by molar-refractivity contribution is -0.114.